The number of pyridine rings is 1. The van der Waals surface area contributed by atoms with Crippen molar-refractivity contribution in [2.24, 2.45) is 0 Å². The first-order chi connectivity index (χ1) is 9.22. The first kappa shape index (κ1) is 11.7. The fraction of sp³-hybridized carbons (Fsp3) is 0.200. The third-order valence-electron chi connectivity index (χ3n) is 3.25. The van der Waals surface area contributed by atoms with Crippen LogP contribution in [-0.2, 0) is 6.42 Å². The van der Waals surface area contributed by atoms with E-state index in [-0.39, 0.29) is 5.91 Å². The molecule has 3 rings (SSSR count). The lowest BCUT2D eigenvalue weighted by Gasteiger charge is -2.07. The van der Waals surface area contributed by atoms with Crippen LogP contribution >= 0.6 is 0 Å². The highest BCUT2D eigenvalue weighted by Crippen LogP contribution is 2.23. The number of fused-ring (bicyclic) bond motifs is 1. The van der Waals surface area contributed by atoms with E-state index in [2.05, 4.69) is 15.6 Å². The molecule has 1 aromatic heterocycles. The minimum atomic E-state index is -0.0969. The van der Waals surface area contributed by atoms with Crippen LogP contribution in [0.3, 0.4) is 0 Å². The van der Waals surface area contributed by atoms with E-state index in [1.807, 2.05) is 37.3 Å². The van der Waals surface area contributed by atoms with Crippen molar-refractivity contribution in [3.8, 4) is 0 Å². The molecular formula is C15H15N3O. The van der Waals surface area contributed by atoms with Gasteiger partial charge in [0.1, 0.15) is 0 Å². The third kappa shape index (κ3) is 2.42. The van der Waals surface area contributed by atoms with Crippen molar-refractivity contribution in [3.63, 3.8) is 0 Å². The summed E-state index contributed by atoms with van der Waals surface area (Å²) < 4.78 is 0. The molecule has 96 valence electrons. The predicted molar refractivity (Wildman–Crippen MR) is 75.6 cm³/mol. The monoisotopic (exact) mass is 253 g/mol. The number of nitrogens with one attached hydrogen (secondary N) is 2. The van der Waals surface area contributed by atoms with Gasteiger partial charge in [-0.05, 0) is 49.2 Å². The van der Waals surface area contributed by atoms with Crippen molar-refractivity contribution in [3.05, 3.63) is 53.3 Å². The number of hydrogen-bond donors (Lipinski definition) is 2. The van der Waals surface area contributed by atoms with Crippen LogP contribution in [0.2, 0.25) is 0 Å². The van der Waals surface area contributed by atoms with Gasteiger partial charge in [0.05, 0.1) is 11.9 Å². The van der Waals surface area contributed by atoms with E-state index in [9.17, 15) is 4.79 Å². The number of carbonyl (C=O) groups is 1. The van der Waals surface area contributed by atoms with Crippen LogP contribution < -0.4 is 10.6 Å². The zero-order chi connectivity index (χ0) is 13.2. The highest BCUT2D eigenvalue weighted by atomic mass is 16.1. The van der Waals surface area contributed by atoms with Crippen LogP contribution in [0.4, 0.5) is 11.4 Å². The number of benzene rings is 1. The molecule has 0 bridgehead atoms. The van der Waals surface area contributed by atoms with Gasteiger partial charge in [-0.2, -0.15) is 0 Å². The molecule has 19 heavy (non-hydrogen) atoms. The molecule has 0 saturated carbocycles. The molecule has 4 nitrogen and oxygen atoms in total. The van der Waals surface area contributed by atoms with Crippen LogP contribution in [0.1, 0.15) is 21.6 Å². The van der Waals surface area contributed by atoms with E-state index in [1.54, 1.807) is 6.20 Å². The van der Waals surface area contributed by atoms with Crippen LogP contribution in [0, 0.1) is 6.92 Å². The van der Waals surface area contributed by atoms with Gasteiger partial charge in [0, 0.05) is 23.5 Å². The lowest BCUT2D eigenvalue weighted by Crippen LogP contribution is -2.12. The number of rotatable bonds is 2. The lowest BCUT2D eigenvalue weighted by molar-refractivity contribution is 0.102. The molecule has 1 aliphatic heterocycles. The molecule has 0 unspecified atom stereocenters. The molecule has 1 aromatic carbocycles. The fourth-order valence-corrected chi connectivity index (χ4v) is 2.19. The van der Waals surface area contributed by atoms with Gasteiger partial charge in [0.25, 0.3) is 5.91 Å². The van der Waals surface area contributed by atoms with Crippen molar-refractivity contribution >= 4 is 17.3 Å². The summed E-state index contributed by atoms with van der Waals surface area (Å²) in [5.74, 6) is -0.0969. The Bertz CT molecular complexity index is 620. The highest BCUT2D eigenvalue weighted by Gasteiger charge is 2.13. The Morgan fingerprint density at radius 2 is 2.21 bits per heavy atom. The molecule has 1 amide bonds. The Labute approximate surface area is 111 Å². The average Bonchev–Trinajstić information content (AvgIpc) is 2.88. The molecule has 1 aliphatic rings. The van der Waals surface area contributed by atoms with Gasteiger partial charge >= 0.3 is 0 Å². The van der Waals surface area contributed by atoms with Crippen LogP contribution in [0.15, 0.2) is 36.5 Å². The normalized spacial score (nSPS) is 12.7. The summed E-state index contributed by atoms with van der Waals surface area (Å²) in [6.45, 7) is 2.86. The van der Waals surface area contributed by atoms with E-state index in [1.165, 1.54) is 5.56 Å². The van der Waals surface area contributed by atoms with Crippen molar-refractivity contribution in [1.29, 1.82) is 0 Å². The maximum Gasteiger partial charge on any atom is 0.255 e. The quantitative estimate of drug-likeness (QED) is 0.865. The Hall–Kier alpha value is -2.36. The Morgan fingerprint density at radius 3 is 3.00 bits per heavy atom. The number of nitrogens with zero attached hydrogens (tertiary/aromatic N) is 1. The molecule has 0 radical (unpaired) electrons. The minimum absolute atomic E-state index is 0.0969. The van der Waals surface area contributed by atoms with Crippen molar-refractivity contribution in [1.82, 2.24) is 4.98 Å². The second-order valence-corrected chi connectivity index (χ2v) is 4.69. The lowest BCUT2D eigenvalue weighted by atomic mass is 10.1. The number of amides is 1. The maximum absolute atomic E-state index is 12.1. The van der Waals surface area contributed by atoms with E-state index in [0.29, 0.717) is 11.3 Å². The van der Waals surface area contributed by atoms with E-state index >= 15 is 0 Å². The summed E-state index contributed by atoms with van der Waals surface area (Å²) in [4.78, 5) is 16.3. The first-order valence-corrected chi connectivity index (χ1v) is 6.33. The zero-order valence-corrected chi connectivity index (χ0v) is 10.7. The van der Waals surface area contributed by atoms with Crippen molar-refractivity contribution in [2.75, 3.05) is 17.2 Å². The smallest absolute Gasteiger partial charge is 0.255 e. The summed E-state index contributed by atoms with van der Waals surface area (Å²) in [5.41, 5.74) is 4.67. The maximum atomic E-state index is 12.1. The summed E-state index contributed by atoms with van der Waals surface area (Å²) in [6.07, 6.45) is 2.64. The Balaban J connectivity index is 1.78. The van der Waals surface area contributed by atoms with Gasteiger partial charge in [-0.3, -0.25) is 9.78 Å². The van der Waals surface area contributed by atoms with E-state index < -0.39 is 0 Å². The van der Waals surface area contributed by atoms with Gasteiger partial charge in [-0.15, -0.1) is 0 Å². The second kappa shape index (κ2) is 4.72. The molecule has 0 fully saturated rings. The summed E-state index contributed by atoms with van der Waals surface area (Å²) in [6, 6.07) is 9.49. The van der Waals surface area contributed by atoms with Gasteiger partial charge in [-0.1, -0.05) is 0 Å². The molecule has 0 atom stereocenters. The number of hydrogen-bond acceptors (Lipinski definition) is 3. The van der Waals surface area contributed by atoms with Crippen LogP contribution in [-0.4, -0.2) is 17.4 Å². The van der Waals surface area contributed by atoms with E-state index in [4.69, 9.17) is 0 Å². The molecule has 2 heterocycles. The predicted octanol–water partition coefficient (Wildman–Crippen LogP) is 2.61. The number of anilines is 2. The molecule has 4 heteroatoms. The summed E-state index contributed by atoms with van der Waals surface area (Å²) in [5, 5.41) is 6.14. The first-order valence-electron chi connectivity index (χ1n) is 6.33. The summed E-state index contributed by atoms with van der Waals surface area (Å²) in [7, 11) is 0. The molecule has 2 N–H and O–H groups in total. The molecule has 0 saturated heterocycles. The Morgan fingerprint density at radius 1 is 1.32 bits per heavy atom. The van der Waals surface area contributed by atoms with Gasteiger partial charge in [0.15, 0.2) is 0 Å². The SMILES string of the molecule is Cc1ccc(NC(=O)c2ccc3c(c2)CCN3)cn1. The largest absolute Gasteiger partial charge is 0.384 e. The average molecular weight is 253 g/mol. The van der Waals surface area contributed by atoms with Crippen molar-refractivity contribution < 1.29 is 4.79 Å². The third-order valence-corrected chi connectivity index (χ3v) is 3.25. The number of aryl methyl sites for hydroxylation is 1. The molecular weight excluding hydrogens is 238 g/mol. The van der Waals surface area contributed by atoms with E-state index in [0.717, 1.165) is 24.3 Å². The topological polar surface area (TPSA) is 54.0 Å². The number of carbonyl (C=O) groups excluding carboxylic acids is 1. The van der Waals surface area contributed by atoms with Crippen molar-refractivity contribution in [2.45, 2.75) is 13.3 Å². The van der Waals surface area contributed by atoms with Gasteiger partial charge in [-0.25, -0.2) is 0 Å². The standard InChI is InChI=1S/C15H15N3O/c1-10-2-4-13(9-17-10)18-15(19)12-3-5-14-11(8-12)6-7-16-14/h2-5,8-9,16H,6-7H2,1H3,(H,18,19). The highest BCUT2D eigenvalue weighted by molar-refractivity contribution is 6.04. The van der Waals surface area contributed by atoms with Crippen LogP contribution in [0.25, 0.3) is 0 Å². The van der Waals surface area contributed by atoms with Crippen LogP contribution in [0.5, 0.6) is 0 Å². The molecule has 0 aliphatic carbocycles. The van der Waals surface area contributed by atoms with Gasteiger partial charge < -0.3 is 10.6 Å². The molecule has 0 spiro atoms. The number of aromatic nitrogens is 1. The Kier molecular flexibility index (Phi) is 2.91. The second-order valence-electron chi connectivity index (χ2n) is 4.69. The summed E-state index contributed by atoms with van der Waals surface area (Å²) >= 11 is 0. The van der Waals surface area contributed by atoms with Gasteiger partial charge in [0.2, 0.25) is 0 Å². The minimum Gasteiger partial charge on any atom is -0.384 e. The zero-order valence-electron chi connectivity index (χ0n) is 10.7. The fourth-order valence-electron chi connectivity index (χ4n) is 2.19. The molecule has 2 aromatic rings.